The van der Waals surface area contributed by atoms with Crippen LogP contribution in [0.5, 0.6) is 0 Å². The molecule has 0 saturated heterocycles. The molecule has 0 saturated carbocycles. The molecule has 0 aliphatic rings. The Morgan fingerprint density at radius 1 is 1.03 bits per heavy atom. The number of nitro groups is 1. The van der Waals surface area contributed by atoms with Gasteiger partial charge in [0.2, 0.25) is 11.6 Å². The number of anilines is 3. The first-order valence-corrected chi connectivity index (χ1v) is 8.79. The molecule has 10 nitrogen and oxygen atoms in total. The van der Waals surface area contributed by atoms with Gasteiger partial charge in [0, 0.05) is 11.9 Å². The van der Waals surface area contributed by atoms with E-state index in [-0.39, 0.29) is 17.3 Å². The quantitative estimate of drug-likeness (QED) is 0.410. The molecule has 3 rings (SSSR count). The fourth-order valence-electron chi connectivity index (χ4n) is 2.50. The number of nitrogens with one attached hydrogen (secondary N) is 3. The largest absolute Gasteiger partial charge is 0.355 e. The molecule has 3 N–H and O–H groups in total. The van der Waals surface area contributed by atoms with E-state index in [0.29, 0.717) is 11.6 Å². The zero-order valence-corrected chi connectivity index (χ0v) is 15.8. The summed E-state index contributed by atoms with van der Waals surface area (Å²) in [6, 6.07) is 12.3. The second-order valence-electron chi connectivity index (χ2n) is 6.37. The van der Waals surface area contributed by atoms with Gasteiger partial charge < -0.3 is 5.32 Å². The van der Waals surface area contributed by atoms with E-state index in [2.05, 4.69) is 45.0 Å². The third-order valence-corrected chi connectivity index (χ3v) is 4.04. The summed E-state index contributed by atoms with van der Waals surface area (Å²) >= 11 is 0. The van der Waals surface area contributed by atoms with Gasteiger partial charge in [-0.15, -0.1) is 0 Å². The van der Waals surface area contributed by atoms with Crippen molar-refractivity contribution in [3.8, 4) is 0 Å². The SMILES string of the molecule is CC(C)c1ccc(Nc2ncnc(NNC(=O)c3ccccn3)c2[N+](=O)[O-])cc1. The zero-order chi connectivity index (χ0) is 20.8. The minimum Gasteiger partial charge on any atom is -0.334 e. The lowest BCUT2D eigenvalue weighted by Crippen LogP contribution is -2.31. The molecule has 0 radical (unpaired) electrons. The molecular formula is C19H19N7O3. The second kappa shape index (κ2) is 8.74. The molecule has 3 aromatic rings. The third kappa shape index (κ3) is 4.80. The summed E-state index contributed by atoms with van der Waals surface area (Å²) in [5.41, 5.74) is 6.35. The first-order valence-electron chi connectivity index (χ1n) is 8.79. The number of hydrazine groups is 1. The highest BCUT2D eigenvalue weighted by Gasteiger charge is 2.24. The molecule has 10 heteroatoms. The van der Waals surface area contributed by atoms with Crippen LogP contribution in [0.15, 0.2) is 55.0 Å². The minimum absolute atomic E-state index is 0.00289. The van der Waals surface area contributed by atoms with Crippen LogP contribution in [0.4, 0.5) is 23.0 Å². The highest BCUT2D eigenvalue weighted by Crippen LogP contribution is 2.31. The van der Waals surface area contributed by atoms with Crippen LogP contribution in [0.1, 0.15) is 35.8 Å². The monoisotopic (exact) mass is 393 g/mol. The number of benzene rings is 1. The molecule has 0 unspecified atom stereocenters. The highest BCUT2D eigenvalue weighted by molar-refractivity contribution is 5.93. The molecule has 0 aliphatic carbocycles. The predicted molar refractivity (Wildman–Crippen MR) is 108 cm³/mol. The molecule has 0 spiro atoms. The first-order chi connectivity index (χ1) is 14.0. The number of hydrogen-bond donors (Lipinski definition) is 3. The van der Waals surface area contributed by atoms with Crippen molar-refractivity contribution >= 4 is 28.9 Å². The van der Waals surface area contributed by atoms with Gasteiger partial charge in [0.1, 0.15) is 12.0 Å². The molecule has 2 aromatic heterocycles. The van der Waals surface area contributed by atoms with E-state index in [4.69, 9.17) is 0 Å². The van der Waals surface area contributed by atoms with Crippen molar-refractivity contribution in [3.05, 3.63) is 76.4 Å². The highest BCUT2D eigenvalue weighted by atomic mass is 16.6. The van der Waals surface area contributed by atoms with Crippen molar-refractivity contribution in [1.82, 2.24) is 20.4 Å². The Labute approximate surface area is 166 Å². The molecule has 2 heterocycles. The summed E-state index contributed by atoms with van der Waals surface area (Å²) in [4.78, 5) is 34.8. The number of nitrogens with zero attached hydrogens (tertiary/aromatic N) is 4. The van der Waals surface area contributed by atoms with Gasteiger partial charge in [0.05, 0.1) is 4.92 Å². The van der Waals surface area contributed by atoms with Gasteiger partial charge in [-0.2, -0.15) is 0 Å². The smallest absolute Gasteiger partial charge is 0.334 e. The molecule has 0 bridgehead atoms. The maximum absolute atomic E-state index is 12.1. The number of pyridine rings is 1. The van der Waals surface area contributed by atoms with E-state index in [1.165, 1.54) is 12.3 Å². The number of carbonyl (C=O) groups is 1. The molecule has 0 aliphatic heterocycles. The Balaban J connectivity index is 1.80. The predicted octanol–water partition coefficient (Wildman–Crippen LogP) is 3.40. The maximum atomic E-state index is 12.1. The van der Waals surface area contributed by atoms with Gasteiger partial charge in [-0.25, -0.2) is 9.97 Å². The van der Waals surface area contributed by atoms with E-state index in [1.807, 2.05) is 24.3 Å². The van der Waals surface area contributed by atoms with Crippen molar-refractivity contribution in [3.63, 3.8) is 0 Å². The van der Waals surface area contributed by atoms with Crippen molar-refractivity contribution < 1.29 is 9.72 Å². The fourth-order valence-corrected chi connectivity index (χ4v) is 2.50. The second-order valence-corrected chi connectivity index (χ2v) is 6.37. The minimum atomic E-state index is -0.625. The lowest BCUT2D eigenvalue weighted by atomic mass is 10.0. The standard InChI is InChI=1S/C19H19N7O3/c1-12(2)13-6-8-14(9-7-13)23-17-16(26(28)29)18(22-11-21-17)24-25-19(27)15-5-3-4-10-20-15/h3-12H,1-2H3,(H,25,27)(H2,21,22,23,24). The normalized spacial score (nSPS) is 10.4. The molecule has 29 heavy (non-hydrogen) atoms. The van der Waals surface area contributed by atoms with Gasteiger partial charge >= 0.3 is 5.69 Å². The van der Waals surface area contributed by atoms with Crippen LogP contribution >= 0.6 is 0 Å². The van der Waals surface area contributed by atoms with Crippen LogP contribution in [0.2, 0.25) is 0 Å². The van der Waals surface area contributed by atoms with Gasteiger partial charge in [0.25, 0.3) is 5.91 Å². The summed E-state index contributed by atoms with van der Waals surface area (Å²) < 4.78 is 0. The Hall–Kier alpha value is -4.08. The Bertz CT molecular complexity index is 1010. The van der Waals surface area contributed by atoms with Crippen LogP contribution < -0.4 is 16.2 Å². The third-order valence-electron chi connectivity index (χ3n) is 4.04. The molecule has 1 aromatic carbocycles. The topological polar surface area (TPSA) is 135 Å². The van der Waals surface area contributed by atoms with Crippen molar-refractivity contribution in [2.24, 2.45) is 0 Å². The summed E-state index contributed by atoms with van der Waals surface area (Å²) in [5, 5.41) is 14.5. The van der Waals surface area contributed by atoms with Crippen LogP contribution in [0.3, 0.4) is 0 Å². The Kier molecular flexibility index (Phi) is 5.93. The Morgan fingerprint density at radius 3 is 2.38 bits per heavy atom. The molecule has 148 valence electrons. The summed E-state index contributed by atoms with van der Waals surface area (Å²) in [7, 11) is 0. The van der Waals surface area contributed by atoms with E-state index >= 15 is 0 Å². The van der Waals surface area contributed by atoms with Crippen LogP contribution in [-0.4, -0.2) is 25.8 Å². The number of carbonyl (C=O) groups excluding carboxylic acids is 1. The van der Waals surface area contributed by atoms with E-state index in [9.17, 15) is 14.9 Å². The van der Waals surface area contributed by atoms with Gasteiger partial charge in [-0.05, 0) is 35.7 Å². The summed E-state index contributed by atoms with van der Waals surface area (Å²) in [5.74, 6) is -0.347. The number of amides is 1. The lowest BCUT2D eigenvalue weighted by molar-refractivity contribution is -0.383. The zero-order valence-electron chi connectivity index (χ0n) is 15.8. The number of aromatic nitrogens is 3. The molecule has 0 atom stereocenters. The molecular weight excluding hydrogens is 374 g/mol. The van der Waals surface area contributed by atoms with Crippen LogP contribution in [-0.2, 0) is 0 Å². The lowest BCUT2D eigenvalue weighted by Gasteiger charge is -2.11. The van der Waals surface area contributed by atoms with Gasteiger partial charge in [-0.3, -0.25) is 30.7 Å². The van der Waals surface area contributed by atoms with Crippen molar-refractivity contribution in [2.45, 2.75) is 19.8 Å². The fraction of sp³-hybridized carbons (Fsp3) is 0.158. The summed E-state index contributed by atoms with van der Waals surface area (Å²) in [6.07, 6.45) is 2.63. The maximum Gasteiger partial charge on any atom is 0.355 e. The average molecular weight is 393 g/mol. The van der Waals surface area contributed by atoms with Gasteiger partial charge in [0.15, 0.2) is 0 Å². The Morgan fingerprint density at radius 2 is 1.76 bits per heavy atom. The van der Waals surface area contributed by atoms with E-state index in [1.54, 1.807) is 12.1 Å². The molecule has 0 fully saturated rings. The van der Waals surface area contributed by atoms with Crippen LogP contribution in [0, 0.1) is 10.1 Å². The molecule has 1 amide bonds. The number of hydrogen-bond acceptors (Lipinski definition) is 8. The van der Waals surface area contributed by atoms with Crippen LogP contribution in [0.25, 0.3) is 0 Å². The van der Waals surface area contributed by atoms with E-state index in [0.717, 1.165) is 11.9 Å². The number of rotatable bonds is 7. The summed E-state index contributed by atoms with van der Waals surface area (Å²) in [6.45, 7) is 4.16. The van der Waals surface area contributed by atoms with Gasteiger partial charge in [-0.1, -0.05) is 32.0 Å². The average Bonchev–Trinajstić information content (AvgIpc) is 2.73. The van der Waals surface area contributed by atoms with E-state index < -0.39 is 16.5 Å². The van der Waals surface area contributed by atoms with Crippen molar-refractivity contribution in [1.29, 1.82) is 0 Å². The first kappa shape index (κ1) is 19.7. The van der Waals surface area contributed by atoms with Crippen molar-refractivity contribution in [2.75, 3.05) is 10.7 Å².